The Morgan fingerprint density at radius 1 is 0.938 bits per heavy atom. The minimum Gasteiger partial charge on any atom is -0.296 e. The Kier molecular flexibility index (Phi) is 3.48. The van der Waals surface area contributed by atoms with Gasteiger partial charge in [-0.2, -0.15) is 0 Å². The van der Waals surface area contributed by atoms with Crippen LogP contribution in [0.4, 0.5) is 11.4 Å². The van der Waals surface area contributed by atoms with E-state index in [-0.39, 0.29) is 0 Å². The molecule has 0 atom stereocenters. The van der Waals surface area contributed by atoms with Crippen LogP contribution in [0.15, 0.2) is 49.1 Å². The van der Waals surface area contributed by atoms with Crippen LogP contribution in [0.25, 0.3) is 0 Å². The van der Waals surface area contributed by atoms with Gasteiger partial charge < -0.3 is 0 Å². The molecule has 80 valence electrons. The first-order chi connectivity index (χ1) is 7.79. The minimum atomic E-state index is 0.484. The van der Waals surface area contributed by atoms with E-state index in [1.54, 1.807) is 24.8 Å². The molecule has 2 aromatic heterocycles. The zero-order chi connectivity index (χ0) is 11.4. The van der Waals surface area contributed by atoms with E-state index in [4.69, 9.17) is 12.2 Å². The van der Waals surface area contributed by atoms with Crippen molar-refractivity contribution in [2.75, 3.05) is 4.90 Å². The minimum absolute atomic E-state index is 0.484. The number of hydrogen-bond donors (Lipinski definition) is 1. The Bertz CT molecular complexity index is 434. The van der Waals surface area contributed by atoms with Gasteiger partial charge in [-0.15, -0.1) is 12.6 Å². The summed E-state index contributed by atoms with van der Waals surface area (Å²) >= 11 is 9.36. The van der Waals surface area contributed by atoms with Gasteiger partial charge in [-0.1, -0.05) is 12.2 Å². The Hall–Kier alpha value is -1.46. The first-order valence-corrected chi connectivity index (χ1v) is 5.47. The van der Waals surface area contributed by atoms with Crippen LogP contribution in [0.1, 0.15) is 0 Å². The predicted molar refractivity (Wildman–Crippen MR) is 72.2 cm³/mol. The van der Waals surface area contributed by atoms with Crippen molar-refractivity contribution in [3.8, 4) is 0 Å². The third-order valence-corrected chi connectivity index (χ3v) is 2.42. The first-order valence-electron chi connectivity index (χ1n) is 4.62. The highest BCUT2D eigenvalue weighted by atomic mass is 32.1. The largest absolute Gasteiger partial charge is 0.296 e. The molecular weight excluding hydrogens is 238 g/mol. The van der Waals surface area contributed by atoms with Gasteiger partial charge in [-0.3, -0.25) is 14.9 Å². The average Bonchev–Trinajstić information content (AvgIpc) is 2.31. The van der Waals surface area contributed by atoms with E-state index >= 15 is 0 Å². The van der Waals surface area contributed by atoms with Gasteiger partial charge in [-0.05, 0) is 24.3 Å². The molecule has 0 fully saturated rings. The summed E-state index contributed by atoms with van der Waals surface area (Å²) in [6, 6.07) is 7.51. The van der Waals surface area contributed by atoms with Crippen LogP contribution in [0.2, 0.25) is 0 Å². The predicted octanol–water partition coefficient (Wildman–Crippen LogP) is 2.83. The Morgan fingerprint density at radius 3 is 1.62 bits per heavy atom. The number of thiocarbonyl (C=S) groups is 1. The van der Waals surface area contributed by atoms with Crippen LogP contribution in [-0.4, -0.2) is 14.3 Å². The van der Waals surface area contributed by atoms with E-state index in [1.807, 2.05) is 29.2 Å². The van der Waals surface area contributed by atoms with Crippen LogP contribution in [-0.2, 0) is 0 Å². The quantitative estimate of drug-likeness (QED) is 0.652. The molecule has 2 heterocycles. The zero-order valence-corrected chi connectivity index (χ0v) is 10.0. The molecule has 0 aliphatic rings. The molecule has 5 heteroatoms. The molecule has 0 amide bonds. The molecule has 0 aliphatic heterocycles. The summed E-state index contributed by atoms with van der Waals surface area (Å²) in [6.07, 6.45) is 6.87. The van der Waals surface area contributed by atoms with Crippen molar-refractivity contribution < 1.29 is 0 Å². The molecule has 0 aromatic carbocycles. The van der Waals surface area contributed by atoms with Crippen LogP contribution in [0, 0.1) is 0 Å². The number of thiol groups is 1. The molecule has 2 rings (SSSR count). The second kappa shape index (κ2) is 5.05. The highest BCUT2D eigenvalue weighted by Gasteiger charge is 2.10. The van der Waals surface area contributed by atoms with Gasteiger partial charge in [0, 0.05) is 24.8 Å². The molecule has 0 bridgehead atoms. The second-order valence-electron chi connectivity index (χ2n) is 3.03. The summed E-state index contributed by atoms with van der Waals surface area (Å²) in [5.41, 5.74) is 1.86. The fourth-order valence-electron chi connectivity index (χ4n) is 1.36. The standard InChI is InChI=1S/C11H9N3S2/c15-11(16)14(9-1-5-12-6-2-9)10-3-7-13-8-4-10/h1-8H,(H,15,16). The zero-order valence-electron chi connectivity index (χ0n) is 8.32. The van der Waals surface area contributed by atoms with Gasteiger partial charge in [0.1, 0.15) is 4.32 Å². The number of pyridine rings is 2. The van der Waals surface area contributed by atoms with Gasteiger partial charge in [0.05, 0.1) is 11.4 Å². The fourth-order valence-corrected chi connectivity index (χ4v) is 1.80. The van der Waals surface area contributed by atoms with Crippen LogP contribution >= 0.6 is 24.8 Å². The fraction of sp³-hybridized carbons (Fsp3) is 0. The second-order valence-corrected chi connectivity index (χ2v) is 4.14. The van der Waals surface area contributed by atoms with Crippen molar-refractivity contribution in [2.24, 2.45) is 0 Å². The smallest absolute Gasteiger partial charge is 0.142 e. The van der Waals surface area contributed by atoms with E-state index in [1.165, 1.54) is 0 Å². The van der Waals surface area contributed by atoms with Crippen molar-refractivity contribution in [2.45, 2.75) is 0 Å². The molecule has 0 radical (unpaired) electrons. The maximum Gasteiger partial charge on any atom is 0.142 e. The lowest BCUT2D eigenvalue weighted by atomic mass is 10.3. The SMILES string of the molecule is S=C(S)N(c1ccncc1)c1ccncc1. The van der Waals surface area contributed by atoms with E-state index in [2.05, 4.69) is 22.6 Å². The number of hydrogen-bond acceptors (Lipinski definition) is 3. The molecule has 16 heavy (non-hydrogen) atoms. The maximum absolute atomic E-state index is 5.13. The molecule has 0 N–H and O–H groups in total. The number of anilines is 2. The van der Waals surface area contributed by atoms with Crippen molar-refractivity contribution in [3.63, 3.8) is 0 Å². The maximum atomic E-state index is 5.13. The lowest BCUT2D eigenvalue weighted by molar-refractivity contribution is 1.26. The molecule has 3 nitrogen and oxygen atoms in total. The molecule has 0 saturated heterocycles. The third kappa shape index (κ3) is 2.37. The van der Waals surface area contributed by atoms with Crippen LogP contribution < -0.4 is 4.90 Å². The van der Waals surface area contributed by atoms with E-state index in [0.717, 1.165) is 11.4 Å². The lowest BCUT2D eigenvalue weighted by Crippen LogP contribution is -2.19. The normalized spacial score (nSPS) is 9.81. The summed E-state index contributed by atoms with van der Waals surface area (Å²) in [5.74, 6) is 0. The monoisotopic (exact) mass is 247 g/mol. The highest BCUT2D eigenvalue weighted by molar-refractivity contribution is 8.11. The van der Waals surface area contributed by atoms with E-state index in [0.29, 0.717) is 4.32 Å². The molecule has 0 spiro atoms. The van der Waals surface area contributed by atoms with Crippen molar-refractivity contribution in [1.29, 1.82) is 0 Å². The summed E-state index contributed by atoms with van der Waals surface area (Å²) in [5, 5.41) is 0. The van der Waals surface area contributed by atoms with E-state index < -0.39 is 0 Å². The summed E-state index contributed by atoms with van der Waals surface area (Å²) in [6.45, 7) is 0. The number of aromatic nitrogens is 2. The Morgan fingerprint density at radius 2 is 1.31 bits per heavy atom. The van der Waals surface area contributed by atoms with Crippen LogP contribution in [0.5, 0.6) is 0 Å². The van der Waals surface area contributed by atoms with Gasteiger partial charge in [0.25, 0.3) is 0 Å². The topological polar surface area (TPSA) is 29.0 Å². The van der Waals surface area contributed by atoms with Gasteiger partial charge >= 0.3 is 0 Å². The molecule has 2 aromatic rings. The van der Waals surface area contributed by atoms with Crippen molar-refractivity contribution in [1.82, 2.24) is 9.97 Å². The number of nitrogens with zero attached hydrogens (tertiary/aromatic N) is 3. The third-order valence-electron chi connectivity index (χ3n) is 2.03. The van der Waals surface area contributed by atoms with Gasteiger partial charge in [0.15, 0.2) is 0 Å². The average molecular weight is 247 g/mol. The van der Waals surface area contributed by atoms with Gasteiger partial charge in [-0.25, -0.2) is 0 Å². The molecule has 0 saturated carbocycles. The molecule has 0 aliphatic carbocycles. The summed E-state index contributed by atoms with van der Waals surface area (Å²) in [4.78, 5) is 9.80. The first kappa shape index (κ1) is 11.0. The molecule has 0 unspecified atom stereocenters. The Balaban J connectivity index is 2.44. The van der Waals surface area contributed by atoms with Crippen molar-refractivity contribution in [3.05, 3.63) is 49.1 Å². The summed E-state index contributed by atoms with van der Waals surface area (Å²) in [7, 11) is 0. The number of rotatable bonds is 2. The summed E-state index contributed by atoms with van der Waals surface area (Å²) < 4.78 is 0.484. The lowest BCUT2D eigenvalue weighted by Gasteiger charge is -2.22. The van der Waals surface area contributed by atoms with Crippen LogP contribution in [0.3, 0.4) is 0 Å². The van der Waals surface area contributed by atoms with E-state index in [9.17, 15) is 0 Å². The molecular formula is C11H9N3S2. The van der Waals surface area contributed by atoms with Crippen molar-refractivity contribution >= 4 is 40.5 Å². The Labute approximate surface area is 105 Å². The highest BCUT2D eigenvalue weighted by Crippen LogP contribution is 2.25. The van der Waals surface area contributed by atoms with Gasteiger partial charge in [0.2, 0.25) is 0 Å².